The Morgan fingerprint density at radius 1 is 1.12 bits per heavy atom. The number of methoxy groups -OCH3 is 1. The van der Waals surface area contributed by atoms with Crippen molar-refractivity contribution in [1.82, 2.24) is 34.6 Å². The summed E-state index contributed by atoms with van der Waals surface area (Å²) in [6, 6.07) is 2.62. The molecule has 4 aromatic heterocycles. The van der Waals surface area contributed by atoms with Gasteiger partial charge >= 0.3 is 6.03 Å². The number of ether oxygens (including phenoxy) is 2. The van der Waals surface area contributed by atoms with E-state index in [2.05, 4.69) is 35.9 Å². The number of hydrogen-bond acceptors (Lipinski definition) is 8. The number of aromatic nitrogens is 7. The van der Waals surface area contributed by atoms with Crippen LogP contribution < -0.4 is 10.6 Å². The van der Waals surface area contributed by atoms with Crippen LogP contribution >= 0.6 is 23.2 Å². The third-order valence-corrected chi connectivity index (χ3v) is 5.26. The predicted octanol–water partition coefficient (Wildman–Crippen LogP) is 3.77. The number of carbonyl (C=O) groups is 1. The summed E-state index contributed by atoms with van der Waals surface area (Å²) in [5.41, 5.74) is 1.83. The molecule has 0 saturated carbocycles. The summed E-state index contributed by atoms with van der Waals surface area (Å²) in [6.07, 6.45) is 5.39. The second-order valence-electron chi connectivity index (χ2n) is 7.24. The molecule has 178 valence electrons. The molecule has 0 fully saturated rings. The third kappa shape index (κ3) is 5.25. The molecule has 4 aromatic rings. The highest BCUT2D eigenvalue weighted by molar-refractivity contribution is 6.32. The Labute approximate surface area is 204 Å². The van der Waals surface area contributed by atoms with Crippen molar-refractivity contribution in [2.24, 2.45) is 0 Å². The maximum Gasteiger partial charge on any atom is 0.323 e. The van der Waals surface area contributed by atoms with E-state index in [1.165, 1.54) is 34.1 Å². The van der Waals surface area contributed by atoms with Crippen molar-refractivity contribution in [1.29, 1.82) is 0 Å². The second kappa shape index (κ2) is 10.3. The van der Waals surface area contributed by atoms with Gasteiger partial charge in [0.25, 0.3) is 0 Å². The fourth-order valence-electron chi connectivity index (χ4n) is 3.09. The number of hydrogen-bond donors (Lipinski definition) is 2. The minimum atomic E-state index is -0.541. The maximum absolute atomic E-state index is 12.8. The topological polar surface area (TPSA) is 133 Å². The van der Waals surface area contributed by atoms with E-state index in [4.69, 9.17) is 32.7 Å². The molecule has 0 aromatic carbocycles. The molecule has 0 saturated heterocycles. The lowest BCUT2D eigenvalue weighted by Crippen LogP contribution is -2.23. The van der Waals surface area contributed by atoms with Gasteiger partial charge in [0.1, 0.15) is 0 Å². The van der Waals surface area contributed by atoms with E-state index in [0.29, 0.717) is 35.1 Å². The molecule has 2 N–H and O–H groups in total. The number of rotatable bonds is 8. The molecular weight excluding hydrogens is 485 g/mol. The van der Waals surface area contributed by atoms with Crippen molar-refractivity contribution in [3.63, 3.8) is 0 Å². The zero-order valence-corrected chi connectivity index (χ0v) is 19.9. The molecule has 2 amide bonds. The van der Waals surface area contributed by atoms with Gasteiger partial charge in [0.2, 0.25) is 0 Å². The van der Waals surface area contributed by atoms with Gasteiger partial charge in [0.05, 0.1) is 65.7 Å². The summed E-state index contributed by atoms with van der Waals surface area (Å²) in [6.45, 7) is 4.06. The lowest BCUT2D eigenvalue weighted by molar-refractivity contribution is -0.0160. The molecule has 2 unspecified atom stereocenters. The number of fused-ring (bicyclic) bond motifs is 1. The smallest absolute Gasteiger partial charge is 0.323 e. The van der Waals surface area contributed by atoms with E-state index >= 15 is 0 Å². The highest BCUT2D eigenvalue weighted by Crippen LogP contribution is 2.27. The Morgan fingerprint density at radius 2 is 1.88 bits per heavy atom. The Kier molecular flexibility index (Phi) is 7.22. The number of carbonyl (C=O) groups excluding carboxylic acids is 1. The van der Waals surface area contributed by atoms with Crippen molar-refractivity contribution < 1.29 is 14.3 Å². The molecular formula is C20H21Cl2N9O3. The van der Waals surface area contributed by atoms with E-state index in [1.807, 2.05) is 13.8 Å². The monoisotopic (exact) mass is 505 g/mol. The lowest BCUT2D eigenvalue weighted by Gasteiger charge is -2.20. The van der Waals surface area contributed by atoms with Gasteiger partial charge in [0, 0.05) is 13.2 Å². The first kappa shape index (κ1) is 23.8. The van der Waals surface area contributed by atoms with Gasteiger partial charge in [-0.05, 0) is 19.9 Å². The van der Waals surface area contributed by atoms with Crippen LogP contribution in [0.1, 0.15) is 25.6 Å². The highest BCUT2D eigenvalue weighted by Gasteiger charge is 2.21. The number of halogens is 2. The van der Waals surface area contributed by atoms with Crippen molar-refractivity contribution in [3.05, 3.63) is 52.8 Å². The fourth-order valence-corrected chi connectivity index (χ4v) is 3.51. The summed E-state index contributed by atoms with van der Waals surface area (Å²) in [4.78, 5) is 22.6. The van der Waals surface area contributed by atoms with Crippen molar-refractivity contribution in [3.8, 4) is 5.82 Å². The Balaban J connectivity index is 1.55. The first-order valence-corrected chi connectivity index (χ1v) is 10.9. The van der Waals surface area contributed by atoms with Gasteiger partial charge in [-0.2, -0.15) is 15.3 Å². The Bertz CT molecular complexity index is 1300. The van der Waals surface area contributed by atoms with E-state index in [9.17, 15) is 4.79 Å². The quantitative estimate of drug-likeness (QED) is 0.369. The van der Waals surface area contributed by atoms with E-state index < -0.39 is 12.1 Å². The van der Waals surface area contributed by atoms with Gasteiger partial charge in [0.15, 0.2) is 16.6 Å². The van der Waals surface area contributed by atoms with Crippen molar-refractivity contribution in [2.45, 2.75) is 26.1 Å². The molecule has 2 atom stereocenters. The summed E-state index contributed by atoms with van der Waals surface area (Å²) in [5.74, 6) is 0.335. The van der Waals surface area contributed by atoms with Crippen LogP contribution in [0.5, 0.6) is 0 Å². The number of nitrogens with one attached hydrogen (secondary N) is 2. The number of pyridine rings is 1. The van der Waals surface area contributed by atoms with Gasteiger partial charge in [-0.25, -0.2) is 19.3 Å². The van der Waals surface area contributed by atoms with E-state index in [1.54, 1.807) is 19.2 Å². The molecule has 0 spiro atoms. The van der Waals surface area contributed by atoms with Gasteiger partial charge < -0.3 is 20.1 Å². The van der Waals surface area contributed by atoms with Crippen molar-refractivity contribution >= 4 is 46.3 Å². The number of amides is 2. The van der Waals surface area contributed by atoms with Crippen LogP contribution in [0, 0.1) is 0 Å². The van der Waals surface area contributed by atoms with Crippen LogP contribution in [-0.4, -0.2) is 60.4 Å². The average molecular weight is 506 g/mol. The molecule has 14 heteroatoms. The molecule has 34 heavy (non-hydrogen) atoms. The predicted molar refractivity (Wildman–Crippen MR) is 126 cm³/mol. The van der Waals surface area contributed by atoms with Gasteiger partial charge in [-0.3, -0.25) is 0 Å². The van der Waals surface area contributed by atoms with Crippen LogP contribution in [0.4, 0.5) is 16.2 Å². The Hall–Kier alpha value is -3.32. The van der Waals surface area contributed by atoms with Gasteiger partial charge in [-0.1, -0.05) is 23.2 Å². The van der Waals surface area contributed by atoms with Crippen LogP contribution in [-0.2, 0) is 9.47 Å². The molecule has 0 radical (unpaired) electrons. The average Bonchev–Trinajstić information content (AvgIpc) is 3.46. The maximum atomic E-state index is 12.8. The standard InChI is InChI=1S/C20H21Cl2N9O3/c1-11(33-3)10-34-12(2)18-15(9-23-17-7-16(22)29-30(17)18)28-20(32)27-13-6-14(21)19(24-8-13)31-25-4-5-26-31/h4-9,11-12H,10H2,1-3H3,(H2,27,28,32). The van der Waals surface area contributed by atoms with Crippen LogP contribution in [0.25, 0.3) is 11.5 Å². The molecule has 4 heterocycles. The van der Waals surface area contributed by atoms with Crippen molar-refractivity contribution in [2.75, 3.05) is 24.4 Å². The highest BCUT2D eigenvalue weighted by atomic mass is 35.5. The SMILES string of the molecule is COC(C)COC(C)c1c(NC(=O)Nc2cnc(-n3nccn3)c(Cl)c2)cnc2cc(Cl)nn12. The first-order chi connectivity index (χ1) is 16.4. The molecule has 0 bridgehead atoms. The number of anilines is 2. The molecule has 4 rings (SSSR count). The minimum Gasteiger partial charge on any atom is -0.379 e. The normalized spacial score (nSPS) is 13.1. The van der Waals surface area contributed by atoms with Crippen LogP contribution in [0.15, 0.2) is 36.9 Å². The van der Waals surface area contributed by atoms with Crippen LogP contribution in [0.2, 0.25) is 10.2 Å². The number of urea groups is 1. The van der Waals surface area contributed by atoms with E-state index in [0.717, 1.165) is 0 Å². The molecule has 0 aliphatic rings. The number of nitrogens with zero attached hydrogens (tertiary/aromatic N) is 7. The van der Waals surface area contributed by atoms with E-state index in [-0.39, 0.29) is 16.3 Å². The van der Waals surface area contributed by atoms with Crippen LogP contribution in [0.3, 0.4) is 0 Å². The van der Waals surface area contributed by atoms with Gasteiger partial charge in [-0.15, -0.1) is 4.80 Å². The summed E-state index contributed by atoms with van der Waals surface area (Å²) in [7, 11) is 1.60. The summed E-state index contributed by atoms with van der Waals surface area (Å²) >= 11 is 12.4. The fraction of sp³-hybridized carbons (Fsp3) is 0.300. The Morgan fingerprint density at radius 3 is 2.59 bits per heavy atom. The summed E-state index contributed by atoms with van der Waals surface area (Å²) in [5, 5.41) is 18.3. The molecule has 0 aliphatic heterocycles. The molecule has 0 aliphatic carbocycles. The second-order valence-corrected chi connectivity index (χ2v) is 8.04. The lowest BCUT2D eigenvalue weighted by atomic mass is 10.2. The zero-order valence-electron chi connectivity index (χ0n) is 18.4. The molecule has 12 nitrogen and oxygen atoms in total. The third-order valence-electron chi connectivity index (χ3n) is 4.80. The largest absolute Gasteiger partial charge is 0.379 e. The first-order valence-electron chi connectivity index (χ1n) is 10.1. The minimum absolute atomic E-state index is 0.113. The zero-order chi connectivity index (χ0) is 24.2. The summed E-state index contributed by atoms with van der Waals surface area (Å²) < 4.78 is 12.7.